The van der Waals surface area contributed by atoms with Crippen LogP contribution in [0.2, 0.25) is 0 Å². The zero-order valence-corrected chi connectivity index (χ0v) is 11.8. The molecule has 2 amide bonds. The molecule has 0 bridgehead atoms. The van der Waals surface area contributed by atoms with Crippen molar-refractivity contribution in [2.24, 2.45) is 0 Å². The normalized spacial score (nSPS) is 22.3. The molecule has 0 N–H and O–H groups in total. The highest BCUT2D eigenvalue weighted by Gasteiger charge is 2.40. The molecule has 2 aliphatic rings. The van der Waals surface area contributed by atoms with Crippen LogP contribution in [0.1, 0.15) is 19.3 Å². The summed E-state index contributed by atoms with van der Waals surface area (Å²) >= 11 is 0. The highest BCUT2D eigenvalue weighted by Crippen LogP contribution is 2.30. The Morgan fingerprint density at radius 2 is 2.10 bits per heavy atom. The number of ether oxygens (including phenoxy) is 1. The van der Waals surface area contributed by atoms with E-state index in [1.807, 2.05) is 0 Å². The second-order valence-electron chi connectivity index (χ2n) is 5.30. The van der Waals surface area contributed by atoms with Crippen LogP contribution < -0.4 is 9.64 Å². The molecule has 5 nitrogen and oxygen atoms in total. The van der Waals surface area contributed by atoms with Gasteiger partial charge in [-0.25, -0.2) is 4.39 Å². The van der Waals surface area contributed by atoms with Gasteiger partial charge in [0.2, 0.25) is 11.8 Å². The minimum absolute atomic E-state index is 0.0309. The number of halogens is 1. The van der Waals surface area contributed by atoms with E-state index in [0.29, 0.717) is 18.7 Å². The summed E-state index contributed by atoms with van der Waals surface area (Å²) in [5.74, 6) is -0.233. The largest absolute Gasteiger partial charge is 0.497 e. The molecule has 1 unspecified atom stereocenters. The van der Waals surface area contributed by atoms with Crippen molar-refractivity contribution in [3.8, 4) is 5.75 Å². The molecule has 6 heteroatoms. The van der Waals surface area contributed by atoms with E-state index >= 15 is 0 Å². The number of methoxy groups -OCH3 is 1. The number of carbonyl (C=O) groups excluding carboxylic acids is 2. The lowest BCUT2D eigenvalue weighted by Crippen LogP contribution is -2.44. The van der Waals surface area contributed by atoms with Crippen LogP contribution in [0.25, 0.3) is 0 Å². The van der Waals surface area contributed by atoms with Crippen LogP contribution in [0.4, 0.5) is 10.1 Å². The molecule has 0 saturated carbocycles. The lowest BCUT2D eigenvalue weighted by Gasteiger charge is -2.25. The first-order chi connectivity index (χ1) is 10.1. The number of amides is 2. The maximum Gasteiger partial charge on any atom is 0.249 e. The molecule has 1 aromatic rings. The van der Waals surface area contributed by atoms with E-state index in [2.05, 4.69) is 0 Å². The van der Waals surface area contributed by atoms with Gasteiger partial charge in [-0.15, -0.1) is 0 Å². The summed E-state index contributed by atoms with van der Waals surface area (Å²) in [6.45, 7) is 0.818. The lowest BCUT2D eigenvalue weighted by atomic mass is 10.1. The Kier molecular flexibility index (Phi) is 3.53. The molecule has 2 aliphatic heterocycles. The lowest BCUT2D eigenvalue weighted by molar-refractivity contribution is -0.135. The molecule has 0 spiro atoms. The fourth-order valence-electron chi connectivity index (χ4n) is 3.03. The highest BCUT2D eigenvalue weighted by atomic mass is 19.1. The number of benzene rings is 1. The van der Waals surface area contributed by atoms with E-state index in [9.17, 15) is 14.0 Å². The van der Waals surface area contributed by atoms with E-state index in [-0.39, 0.29) is 30.5 Å². The molecule has 1 aromatic carbocycles. The Morgan fingerprint density at radius 1 is 1.29 bits per heavy atom. The molecular formula is C15H17FN2O3. The number of hydrogen-bond donors (Lipinski definition) is 0. The third kappa shape index (κ3) is 2.34. The SMILES string of the molecule is COc1ccc(F)c(N2CCC(=O)N3CCCC3C2=O)c1. The van der Waals surface area contributed by atoms with E-state index in [4.69, 9.17) is 4.74 Å². The summed E-state index contributed by atoms with van der Waals surface area (Å²) in [5, 5.41) is 0. The first-order valence-corrected chi connectivity index (χ1v) is 7.06. The minimum atomic E-state index is -0.483. The molecule has 2 saturated heterocycles. The van der Waals surface area contributed by atoms with Crippen LogP contribution >= 0.6 is 0 Å². The maximum atomic E-state index is 14.1. The van der Waals surface area contributed by atoms with Crippen LogP contribution in [-0.2, 0) is 9.59 Å². The monoisotopic (exact) mass is 292 g/mol. The number of hydrogen-bond acceptors (Lipinski definition) is 3. The van der Waals surface area contributed by atoms with Crippen LogP contribution in [0.3, 0.4) is 0 Å². The van der Waals surface area contributed by atoms with Gasteiger partial charge < -0.3 is 14.5 Å². The molecule has 112 valence electrons. The van der Waals surface area contributed by atoms with E-state index in [1.54, 1.807) is 4.90 Å². The Bertz CT molecular complexity index is 590. The minimum Gasteiger partial charge on any atom is -0.497 e. The van der Waals surface area contributed by atoms with E-state index in [1.165, 1.54) is 30.2 Å². The zero-order chi connectivity index (χ0) is 15.0. The second-order valence-corrected chi connectivity index (χ2v) is 5.30. The first-order valence-electron chi connectivity index (χ1n) is 7.06. The van der Waals surface area contributed by atoms with Gasteiger partial charge in [-0.2, -0.15) is 0 Å². The van der Waals surface area contributed by atoms with Gasteiger partial charge in [0.25, 0.3) is 0 Å². The summed E-state index contributed by atoms with van der Waals surface area (Å²) in [6, 6.07) is 3.84. The van der Waals surface area contributed by atoms with Crippen LogP contribution in [0, 0.1) is 5.82 Å². The van der Waals surface area contributed by atoms with Gasteiger partial charge in [0.05, 0.1) is 12.8 Å². The molecule has 1 atom stereocenters. The van der Waals surface area contributed by atoms with Crippen molar-refractivity contribution in [2.75, 3.05) is 25.1 Å². The van der Waals surface area contributed by atoms with E-state index in [0.717, 1.165) is 6.42 Å². The van der Waals surface area contributed by atoms with Gasteiger partial charge in [0.15, 0.2) is 0 Å². The predicted molar refractivity (Wildman–Crippen MR) is 74.7 cm³/mol. The number of anilines is 1. The van der Waals surface area contributed by atoms with Gasteiger partial charge in [-0.05, 0) is 25.0 Å². The Morgan fingerprint density at radius 3 is 2.86 bits per heavy atom. The molecule has 3 rings (SSSR count). The van der Waals surface area contributed by atoms with Crippen molar-refractivity contribution in [3.05, 3.63) is 24.0 Å². The van der Waals surface area contributed by atoms with Crippen LogP contribution in [-0.4, -0.2) is 43.0 Å². The number of carbonyl (C=O) groups is 2. The number of rotatable bonds is 2. The van der Waals surface area contributed by atoms with Gasteiger partial charge in [-0.1, -0.05) is 0 Å². The second kappa shape index (κ2) is 5.35. The Balaban J connectivity index is 1.98. The smallest absolute Gasteiger partial charge is 0.249 e. The first kappa shape index (κ1) is 13.9. The van der Waals surface area contributed by atoms with Gasteiger partial charge in [0, 0.05) is 25.6 Å². The average molecular weight is 292 g/mol. The predicted octanol–water partition coefficient (Wildman–Crippen LogP) is 1.56. The van der Waals surface area contributed by atoms with Crippen molar-refractivity contribution < 1.29 is 18.7 Å². The fourth-order valence-corrected chi connectivity index (χ4v) is 3.03. The van der Waals surface area contributed by atoms with Crippen molar-refractivity contribution in [1.82, 2.24) is 4.90 Å². The van der Waals surface area contributed by atoms with E-state index < -0.39 is 11.9 Å². The fraction of sp³-hybridized carbons (Fsp3) is 0.467. The van der Waals surface area contributed by atoms with Crippen molar-refractivity contribution in [3.63, 3.8) is 0 Å². The Hall–Kier alpha value is -2.11. The number of nitrogens with zero attached hydrogens (tertiary/aromatic N) is 2. The number of fused-ring (bicyclic) bond motifs is 1. The average Bonchev–Trinajstić information content (AvgIpc) is 2.94. The summed E-state index contributed by atoms with van der Waals surface area (Å²) in [4.78, 5) is 27.7. The summed E-state index contributed by atoms with van der Waals surface area (Å²) in [5.41, 5.74) is 0.181. The summed E-state index contributed by atoms with van der Waals surface area (Å²) in [6.07, 6.45) is 1.68. The highest BCUT2D eigenvalue weighted by molar-refractivity contribution is 6.01. The standard InChI is InChI=1S/C15H17FN2O3/c1-21-10-4-5-11(16)13(9-10)18-8-6-14(19)17-7-2-3-12(17)15(18)20/h4-5,9,12H,2-3,6-8H2,1H3. The molecule has 0 aromatic heterocycles. The van der Waals surface area contributed by atoms with Crippen molar-refractivity contribution in [2.45, 2.75) is 25.3 Å². The molecule has 2 heterocycles. The van der Waals surface area contributed by atoms with Gasteiger partial charge >= 0.3 is 0 Å². The molecular weight excluding hydrogens is 275 g/mol. The molecule has 0 radical (unpaired) electrons. The van der Waals surface area contributed by atoms with Crippen LogP contribution in [0.15, 0.2) is 18.2 Å². The van der Waals surface area contributed by atoms with Crippen molar-refractivity contribution in [1.29, 1.82) is 0 Å². The maximum absolute atomic E-state index is 14.1. The Labute approximate surface area is 122 Å². The topological polar surface area (TPSA) is 49.9 Å². The zero-order valence-electron chi connectivity index (χ0n) is 11.8. The third-order valence-electron chi connectivity index (χ3n) is 4.12. The van der Waals surface area contributed by atoms with Crippen LogP contribution in [0.5, 0.6) is 5.75 Å². The molecule has 2 fully saturated rings. The van der Waals surface area contributed by atoms with Crippen molar-refractivity contribution >= 4 is 17.5 Å². The summed E-state index contributed by atoms with van der Waals surface area (Å²) in [7, 11) is 1.49. The van der Waals surface area contributed by atoms with Gasteiger partial charge in [0.1, 0.15) is 17.6 Å². The summed E-state index contributed by atoms with van der Waals surface area (Å²) < 4.78 is 19.2. The quantitative estimate of drug-likeness (QED) is 0.831. The molecule has 0 aliphatic carbocycles. The molecule has 21 heavy (non-hydrogen) atoms. The van der Waals surface area contributed by atoms with Gasteiger partial charge in [-0.3, -0.25) is 9.59 Å². The third-order valence-corrected chi connectivity index (χ3v) is 4.12.